The summed E-state index contributed by atoms with van der Waals surface area (Å²) in [5.74, 6) is -0.854. The Morgan fingerprint density at radius 2 is 1.61 bits per heavy atom. The number of hydrogen-bond acceptors (Lipinski definition) is 4. The van der Waals surface area contributed by atoms with E-state index in [1.807, 2.05) is 41.3 Å². The number of nitrogens with two attached hydrogens (primary N) is 1. The number of aromatic nitrogens is 1. The van der Waals surface area contributed by atoms with Crippen molar-refractivity contribution < 1.29 is 14.0 Å². The molecule has 0 atom stereocenters. The number of rotatable bonds is 6. The average molecular weight is 447 g/mol. The molecule has 2 N–H and O–H groups in total. The summed E-state index contributed by atoms with van der Waals surface area (Å²) in [6.07, 6.45) is 6.50. The fraction of sp³-hybridized carbons (Fsp3) is 0.269. The molecule has 0 spiro atoms. The van der Waals surface area contributed by atoms with Crippen LogP contribution in [0.2, 0.25) is 0 Å². The SMILES string of the molecule is NCC(=O)c1ccc(CN(C(=O)N2CCCCC2)c2ccc(-c3ccncc3)cc2)c(F)c1. The highest BCUT2D eigenvalue weighted by Gasteiger charge is 2.25. The van der Waals surface area contributed by atoms with E-state index in [0.29, 0.717) is 24.3 Å². The van der Waals surface area contributed by atoms with E-state index in [1.54, 1.807) is 29.4 Å². The van der Waals surface area contributed by atoms with Crippen molar-refractivity contribution in [1.82, 2.24) is 9.88 Å². The van der Waals surface area contributed by atoms with E-state index in [0.717, 1.165) is 30.4 Å². The highest BCUT2D eigenvalue weighted by Crippen LogP contribution is 2.26. The Bertz CT molecular complexity index is 1110. The number of carbonyl (C=O) groups is 2. The number of likely N-dealkylation sites (tertiary alicyclic amines) is 1. The molecular formula is C26H27FN4O2. The van der Waals surface area contributed by atoms with Crippen LogP contribution in [0.25, 0.3) is 11.1 Å². The van der Waals surface area contributed by atoms with Gasteiger partial charge in [-0.05, 0) is 60.7 Å². The number of anilines is 1. The Morgan fingerprint density at radius 1 is 0.939 bits per heavy atom. The Labute approximate surface area is 192 Å². The summed E-state index contributed by atoms with van der Waals surface area (Å²) in [6.45, 7) is 1.27. The van der Waals surface area contributed by atoms with E-state index < -0.39 is 5.82 Å². The van der Waals surface area contributed by atoms with Gasteiger partial charge in [0.25, 0.3) is 0 Å². The molecule has 6 nitrogen and oxygen atoms in total. The van der Waals surface area contributed by atoms with Crippen molar-refractivity contribution in [3.8, 4) is 11.1 Å². The Balaban J connectivity index is 1.64. The predicted octanol–water partition coefficient (Wildman–Crippen LogP) is 4.64. The third-order valence-corrected chi connectivity index (χ3v) is 5.94. The van der Waals surface area contributed by atoms with Crippen molar-refractivity contribution in [3.63, 3.8) is 0 Å². The second kappa shape index (κ2) is 10.4. The molecular weight excluding hydrogens is 419 g/mol. The summed E-state index contributed by atoms with van der Waals surface area (Å²) in [6, 6.07) is 15.7. The molecule has 7 heteroatoms. The van der Waals surface area contributed by atoms with E-state index >= 15 is 0 Å². The predicted molar refractivity (Wildman–Crippen MR) is 126 cm³/mol. The van der Waals surface area contributed by atoms with E-state index in [2.05, 4.69) is 4.98 Å². The number of piperidine rings is 1. The maximum atomic E-state index is 14.9. The van der Waals surface area contributed by atoms with E-state index in [4.69, 9.17) is 5.73 Å². The van der Waals surface area contributed by atoms with Gasteiger partial charge in [-0.15, -0.1) is 0 Å². The lowest BCUT2D eigenvalue weighted by atomic mass is 10.1. The number of hydrogen-bond donors (Lipinski definition) is 1. The van der Waals surface area contributed by atoms with Crippen molar-refractivity contribution >= 4 is 17.5 Å². The fourth-order valence-electron chi connectivity index (χ4n) is 4.04. The van der Waals surface area contributed by atoms with Gasteiger partial charge >= 0.3 is 6.03 Å². The number of ketones is 1. The normalized spacial score (nSPS) is 13.6. The Kier molecular flexibility index (Phi) is 7.10. The summed E-state index contributed by atoms with van der Waals surface area (Å²) >= 11 is 0. The smallest absolute Gasteiger partial charge is 0.324 e. The monoisotopic (exact) mass is 446 g/mol. The third kappa shape index (κ3) is 5.26. The zero-order chi connectivity index (χ0) is 23.2. The van der Waals surface area contributed by atoms with E-state index in [1.165, 1.54) is 6.07 Å². The van der Waals surface area contributed by atoms with Crippen LogP contribution < -0.4 is 10.6 Å². The van der Waals surface area contributed by atoms with Crippen molar-refractivity contribution in [3.05, 3.63) is 83.9 Å². The summed E-state index contributed by atoms with van der Waals surface area (Å²) in [5, 5.41) is 0. The maximum absolute atomic E-state index is 14.9. The summed E-state index contributed by atoms with van der Waals surface area (Å²) < 4.78 is 14.9. The number of halogens is 1. The summed E-state index contributed by atoms with van der Waals surface area (Å²) in [4.78, 5) is 32.7. The first kappa shape index (κ1) is 22.6. The zero-order valence-electron chi connectivity index (χ0n) is 18.4. The van der Waals surface area contributed by atoms with Crippen LogP contribution in [0, 0.1) is 5.82 Å². The van der Waals surface area contributed by atoms with Gasteiger partial charge < -0.3 is 10.6 Å². The van der Waals surface area contributed by atoms with Crippen molar-refractivity contribution in [2.45, 2.75) is 25.8 Å². The van der Waals surface area contributed by atoms with Crippen LogP contribution in [0.15, 0.2) is 67.0 Å². The number of Topliss-reactive ketones (excluding diaryl/α,β-unsaturated/α-hetero) is 1. The van der Waals surface area contributed by atoms with Crippen LogP contribution in [0.5, 0.6) is 0 Å². The largest absolute Gasteiger partial charge is 0.324 e. The molecule has 1 aliphatic heterocycles. The van der Waals surface area contributed by atoms with Gasteiger partial charge in [0.15, 0.2) is 5.78 Å². The van der Waals surface area contributed by atoms with Crippen LogP contribution in [0.4, 0.5) is 14.9 Å². The topological polar surface area (TPSA) is 79.5 Å². The molecule has 0 bridgehead atoms. The van der Waals surface area contributed by atoms with Crippen LogP contribution in [-0.4, -0.2) is 41.3 Å². The quantitative estimate of drug-likeness (QED) is 0.560. The van der Waals surface area contributed by atoms with Gasteiger partial charge in [-0.25, -0.2) is 9.18 Å². The standard InChI is InChI=1S/C26H27FN4O2/c27-24-16-21(25(32)17-28)4-5-22(24)18-31(26(33)30-14-2-1-3-15-30)23-8-6-19(7-9-23)20-10-12-29-13-11-20/h4-13,16H,1-3,14-15,17-18,28H2. The molecule has 170 valence electrons. The highest BCUT2D eigenvalue weighted by molar-refractivity contribution is 5.97. The molecule has 33 heavy (non-hydrogen) atoms. The van der Waals surface area contributed by atoms with Crippen LogP contribution in [0.3, 0.4) is 0 Å². The lowest BCUT2D eigenvalue weighted by molar-refractivity contribution is 0.100. The van der Waals surface area contributed by atoms with Gasteiger partial charge in [-0.1, -0.05) is 24.3 Å². The van der Waals surface area contributed by atoms with Crippen LogP contribution in [0.1, 0.15) is 35.2 Å². The molecule has 1 saturated heterocycles. The number of benzene rings is 2. The lowest BCUT2D eigenvalue weighted by Gasteiger charge is -2.33. The molecule has 4 rings (SSSR count). The molecule has 3 aromatic rings. The second-order valence-electron chi connectivity index (χ2n) is 8.13. The van der Waals surface area contributed by atoms with Crippen molar-refractivity contribution in [2.75, 3.05) is 24.5 Å². The lowest BCUT2D eigenvalue weighted by Crippen LogP contribution is -2.45. The number of pyridine rings is 1. The molecule has 2 aromatic carbocycles. The van der Waals surface area contributed by atoms with Gasteiger partial charge in [0, 0.05) is 42.3 Å². The second-order valence-corrected chi connectivity index (χ2v) is 8.13. The molecule has 1 fully saturated rings. The minimum absolute atomic E-state index is 0.0624. The fourth-order valence-corrected chi connectivity index (χ4v) is 4.04. The molecule has 2 amide bonds. The number of nitrogens with zero attached hydrogens (tertiary/aromatic N) is 3. The third-order valence-electron chi connectivity index (χ3n) is 5.94. The first-order valence-electron chi connectivity index (χ1n) is 11.2. The molecule has 0 saturated carbocycles. The van der Waals surface area contributed by atoms with Crippen molar-refractivity contribution in [1.29, 1.82) is 0 Å². The summed E-state index contributed by atoms with van der Waals surface area (Å²) in [5.41, 5.74) is 8.67. The number of amides is 2. The van der Waals surface area contributed by atoms with Crippen LogP contribution >= 0.6 is 0 Å². The molecule has 0 radical (unpaired) electrons. The van der Waals surface area contributed by atoms with E-state index in [-0.39, 0.29) is 30.5 Å². The first-order valence-corrected chi connectivity index (χ1v) is 11.2. The Hall–Kier alpha value is -3.58. The number of urea groups is 1. The molecule has 0 unspecified atom stereocenters. The van der Waals surface area contributed by atoms with E-state index in [9.17, 15) is 14.0 Å². The van der Waals surface area contributed by atoms with Gasteiger partial charge in [-0.3, -0.25) is 14.7 Å². The molecule has 2 heterocycles. The minimum atomic E-state index is -0.529. The number of carbonyl (C=O) groups excluding carboxylic acids is 2. The molecule has 1 aliphatic rings. The zero-order valence-corrected chi connectivity index (χ0v) is 18.4. The average Bonchev–Trinajstić information content (AvgIpc) is 2.88. The van der Waals surface area contributed by atoms with Gasteiger partial charge in [0.2, 0.25) is 0 Å². The molecule has 0 aliphatic carbocycles. The minimum Gasteiger partial charge on any atom is -0.324 e. The van der Waals surface area contributed by atoms with Gasteiger partial charge in [-0.2, -0.15) is 0 Å². The Morgan fingerprint density at radius 3 is 2.24 bits per heavy atom. The maximum Gasteiger partial charge on any atom is 0.324 e. The van der Waals surface area contributed by atoms with Gasteiger partial charge in [0.05, 0.1) is 13.1 Å². The van der Waals surface area contributed by atoms with Gasteiger partial charge in [0.1, 0.15) is 5.82 Å². The summed E-state index contributed by atoms with van der Waals surface area (Å²) in [7, 11) is 0. The highest BCUT2D eigenvalue weighted by atomic mass is 19.1. The van der Waals surface area contributed by atoms with Crippen molar-refractivity contribution in [2.24, 2.45) is 5.73 Å². The molecule has 1 aromatic heterocycles. The first-order chi connectivity index (χ1) is 16.1. The van der Waals surface area contributed by atoms with Crippen LogP contribution in [-0.2, 0) is 6.54 Å².